The summed E-state index contributed by atoms with van der Waals surface area (Å²) in [7, 11) is 0. The third-order valence-electron chi connectivity index (χ3n) is 4.60. The van der Waals surface area contributed by atoms with E-state index >= 15 is 0 Å². The first-order chi connectivity index (χ1) is 10.2. The van der Waals surface area contributed by atoms with Gasteiger partial charge in [-0.3, -0.25) is 4.79 Å². The Kier molecular flexibility index (Phi) is 4.54. The van der Waals surface area contributed by atoms with Gasteiger partial charge in [-0.1, -0.05) is 6.42 Å². The Bertz CT molecular complexity index is 476. The zero-order valence-corrected chi connectivity index (χ0v) is 12.2. The second-order valence-corrected chi connectivity index (χ2v) is 6.18. The Morgan fingerprint density at radius 1 is 1.19 bits per heavy atom. The number of piperidine rings is 2. The minimum absolute atomic E-state index is 0.193. The van der Waals surface area contributed by atoms with Crippen molar-refractivity contribution in [2.75, 3.05) is 6.61 Å². The third-order valence-corrected chi connectivity index (χ3v) is 4.60. The lowest BCUT2D eigenvalue weighted by Gasteiger charge is -2.39. The maximum atomic E-state index is 12.8. The fourth-order valence-corrected chi connectivity index (χ4v) is 3.53. The Hall–Kier alpha value is -1.42. The monoisotopic (exact) mass is 291 g/mol. The number of Topliss-reactive ketones (excluding diaryl/α,β-unsaturated/α-hetero) is 1. The SMILES string of the molecule is O=C(CCOc1ccc(F)cc1)C1CC2CCCC(C1)N2. The van der Waals surface area contributed by atoms with E-state index < -0.39 is 0 Å². The predicted molar refractivity (Wildman–Crippen MR) is 78.8 cm³/mol. The number of hydrogen-bond donors (Lipinski definition) is 1. The Labute approximate surface area is 124 Å². The van der Waals surface area contributed by atoms with Crippen LogP contribution in [0.15, 0.2) is 24.3 Å². The van der Waals surface area contributed by atoms with Gasteiger partial charge in [0, 0.05) is 24.4 Å². The van der Waals surface area contributed by atoms with Crippen molar-refractivity contribution < 1.29 is 13.9 Å². The molecule has 1 aromatic carbocycles. The number of nitrogens with one attached hydrogen (secondary N) is 1. The number of benzene rings is 1. The van der Waals surface area contributed by atoms with E-state index in [1.165, 1.54) is 31.4 Å². The van der Waals surface area contributed by atoms with Crippen molar-refractivity contribution in [2.45, 2.75) is 50.6 Å². The number of ketones is 1. The lowest BCUT2D eigenvalue weighted by molar-refractivity contribution is -0.125. The van der Waals surface area contributed by atoms with Crippen LogP contribution in [-0.4, -0.2) is 24.5 Å². The number of halogens is 1. The molecule has 0 aliphatic carbocycles. The van der Waals surface area contributed by atoms with E-state index in [1.807, 2.05) is 0 Å². The van der Waals surface area contributed by atoms with Gasteiger partial charge in [-0.05, 0) is 49.9 Å². The average molecular weight is 291 g/mol. The van der Waals surface area contributed by atoms with Crippen molar-refractivity contribution in [1.29, 1.82) is 0 Å². The smallest absolute Gasteiger partial charge is 0.139 e. The van der Waals surface area contributed by atoms with Crippen LogP contribution in [0.3, 0.4) is 0 Å². The summed E-state index contributed by atoms with van der Waals surface area (Å²) in [6.07, 6.45) is 6.09. The molecule has 2 bridgehead atoms. The van der Waals surface area contributed by atoms with E-state index in [4.69, 9.17) is 4.74 Å². The second kappa shape index (κ2) is 6.56. The quantitative estimate of drug-likeness (QED) is 0.906. The summed E-state index contributed by atoms with van der Waals surface area (Å²) in [6.45, 7) is 0.379. The Morgan fingerprint density at radius 2 is 1.86 bits per heavy atom. The zero-order chi connectivity index (χ0) is 14.7. The predicted octanol–water partition coefficient (Wildman–Crippen LogP) is 3.08. The van der Waals surface area contributed by atoms with Crippen molar-refractivity contribution >= 4 is 5.78 Å². The van der Waals surface area contributed by atoms with Crippen LogP contribution >= 0.6 is 0 Å². The van der Waals surface area contributed by atoms with Crippen LogP contribution in [0.1, 0.15) is 38.5 Å². The lowest BCUT2D eigenvalue weighted by atomic mass is 9.78. The summed E-state index contributed by atoms with van der Waals surface area (Å²) >= 11 is 0. The molecule has 2 atom stereocenters. The number of carbonyl (C=O) groups is 1. The average Bonchev–Trinajstić information content (AvgIpc) is 2.49. The fraction of sp³-hybridized carbons (Fsp3) is 0.588. The molecule has 3 rings (SSSR count). The molecule has 0 saturated carbocycles. The summed E-state index contributed by atoms with van der Waals surface area (Å²) < 4.78 is 18.3. The molecule has 1 aromatic rings. The standard InChI is InChI=1S/C17H22FNO2/c18-13-4-6-16(7-5-13)21-9-8-17(20)12-10-14-2-1-3-15(11-12)19-14/h4-7,12,14-15,19H,1-3,8-11H2. The van der Waals surface area contributed by atoms with Crippen molar-refractivity contribution in [3.8, 4) is 5.75 Å². The molecule has 2 aliphatic rings. The summed E-state index contributed by atoms with van der Waals surface area (Å²) in [5, 5.41) is 3.61. The molecular weight excluding hydrogens is 269 g/mol. The Balaban J connectivity index is 1.44. The number of carbonyl (C=O) groups excluding carboxylic acids is 1. The van der Waals surface area contributed by atoms with Gasteiger partial charge in [0.05, 0.1) is 6.61 Å². The van der Waals surface area contributed by atoms with Crippen LogP contribution in [-0.2, 0) is 4.79 Å². The number of fused-ring (bicyclic) bond motifs is 2. The number of hydrogen-bond acceptors (Lipinski definition) is 3. The van der Waals surface area contributed by atoms with E-state index in [0.717, 1.165) is 12.8 Å². The molecule has 2 aliphatic heterocycles. The largest absolute Gasteiger partial charge is 0.493 e. The molecule has 4 heteroatoms. The van der Waals surface area contributed by atoms with Gasteiger partial charge < -0.3 is 10.1 Å². The molecule has 1 N–H and O–H groups in total. The summed E-state index contributed by atoms with van der Waals surface area (Å²) in [5.41, 5.74) is 0. The third kappa shape index (κ3) is 3.82. The molecule has 2 unspecified atom stereocenters. The highest BCUT2D eigenvalue weighted by Crippen LogP contribution is 2.30. The topological polar surface area (TPSA) is 38.3 Å². The second-order valence-electron chi connectivity index (χ2n) is 6.18. The fourth-order valence-electron chi connectivity index (χ4n) is 3.53. The van der Waals surface area contributed by atoms with Crippen LogP contribution in [0.4, 0.5) is 4.39 Å². The highest BCUT2D eigenvalue weighted by molar-refractivity contribution is 5.81. The van der Waals surface area contributed by atoms with Gasteiger partial charge in [-0.25, -0.2) is 4.39 Å². The summed E-state index contributed by atoms with van der Waals surface area (Å²) in [5.74, 6) is 0.847. The molecule has 0 aromatic heterocycles. The van der Waals surface area contributed by atoms with Crippen LogP contribution in [0.2, 0.25) is 0 Å². The summed E-state index contributed by atoms with van der Waals surface area (Å²) in [6, 6.07) is 6.98. The highest BCUT2D eigenvalue weighted by atomic mass is 19.1. The van der Waals surface area contributed by atoms with Crippen LogP contribution in [0.25, 0.3) is 0 Å². The van der Waals surface area contributed by atoms with Crippen molar-refractivity contribution in [1.82, 2.24) is 5.32 Å². The maximum Gasteiger partial charge on any atom is 0.139 e. The molecule has 3 nitrogen and oxygen atoms in total. The Morgan fingerprint density at radius 3 is 2.52 bits per heavy atom. The number of rotatable bonds is 5. The molecule has 0 amide bonds. The van der Waals surface area contributed by atoms with Crippen LogP contribution in [0, 0.1) is 11.7 Å². The van der Waals surface area contributed by atoms with Gasteiger partial charge in [0.15, 0.2) is 0 Å². The van der Waals surface area contributed by atoms with Gasteiger partial charge in [0.25, 0.3) is 0 Å². The van der Waals surface area contributed by atoms with Crippen molar-refractivity contribution in [2.24, 2.45) is 5.92 Å². The molecule has 21 heavy (non-hydrogen) atoms. The van der Waals surface area contributed by atoms with Gasteiger partial charge in [-0.2, -0.15) is 0 Å². The lowest BCUT2D eigenvalue weighted by Crippen LogP contribution is -2.50. The van der Waals surface area contributed by atoms with E-state index in [2.05, 4.69) is 5.32 Å². The van der Waals surface area contributed by atoms with Gasteiger partial charge in [0.2, 0.25) is 0 Å². The molecule has 2 fully saturated rings. The van der Waals surface area contributed by atoms with E-state index in [1.54, 1.807) is 12.1 Å². The molecule has 0 spiro atoms. The van der Waals surface area contributed by atoms with E-state index in [9.17, 15) is 9.18 Å². The molecular formula is C17H22FNO2. The zero-order valence-electron chi connectivity index (χ0n) is 12.2. The van der Waals surface area contributed by atoms with Crippen molar-refractivity contribution in [3.63, 3.8) is 0 Å². The van der Waals surface area contributed by atoms with Crippen LogP contribution in [0.5, 0.6) is 5.75 Å². The molecule has 114 valence electrons. The first-order valence-corrected chi connectivity index (χ1v) is 7.88. The summed E-state index contributed by atoms with van der Waals surface area (Å²) in [4.78, 5) is 12.3. The number of ether oxygens (including phenoxy) is 1. The maximum absolute atomic E-state index is 12.8. The van der Waals surface area contributed by atoms with Gasteiger partial charge >= 0.3 is 0 Å². The molecule has 2 heterocycles. The molecule has 2 saturated heterocycles. The normalized spacial score (nSPS) is 28.1. The minimum Gasteiger partial charge on any atom is -0.493 e. The van der Waals surface area contributed by atoms with Gasteiger partial charge in [-0.15, -0.1) is 0 Å². The van der Waals surface area contributed by atoms with Gasteiger partial charge in [0.1, 0.15) is 17.3 Å². The first kappa shape index (κ1) is 14.5. The van der Waals surface area contributed by atoms with Crippen molar-refractivity contribution in [3.05, 3.63) is 30.1 Å². The van der Waals surface area contributed by atoms with Crippen LogP contribution < -0.4 is 10.1 Å². The highest BCUT2D eigenvalue weighted by Gasteiger charge is 2.34. The van der Waals surface area contributed by atoms with E-state index in [-0.39, 0.29) is 11.7 Å². The van der Waals surface area contributed by atoms with E-state index in [0.29, 0.717) is 36.6 Å². The molecule has 0 radical (unpaired) electrons. The first-order valence-electron chi connectivity index (χ1n) is 7.88. The minimum atomic E-state index is -0.278.